The van der Waals surface area contributed by atoms with Crippen LogP contribution in [0.5, 0.6) is 11.5 Å². The minimum atomic E-state index is -0.430. The predicted molar refractivity (Wildman–Crippen MR) is 104 cm³/mol. The minimum absolute atomic E-state index is 0.258. The molecule has 1 amide bonds. The van der Waals surface area contributed by atoms with Gasteiger partial charge < -0.3 is 14.5 Å². The number of aryl methyl sites for hydroxylation is 1. The average molecular weight is 365 g/mol. The Morgan fingerprint density at radius 3 is 2.70 bits per heavy atom. The van der Waals surface area contributed by atoms with Gasteiger partial charge in [-0.1, -0.05) is 6.07 Å². The van der Waals surface area contributed by atoms with Crippen LogP contribution in [0.15, 0.2) is 58.4 Å². The normalized spacial score (nSPS) is 10.9. The van der Waals surface area contributed by atoms with Crippen molar-refractivity contribution in [1.29, 1.82) is 0 Å². The Kier molecular flexibility index (Phi) is 5.51. The van der Waals surface area contributed by atoms with Gasteiger partial charge in [0.05, 0.1) is 18.8 Å². The summed E-state index contributed by atoms with van der Waals surface area (Å²) in [7, 11) is 1.59. The fourth-order valence-electron chi connectivity index (χ4n) is 2.51. The fraction of sp³-hybridized carbons (Fsp3) is 0.150. The molecule has 7 nitrogen and oxygen atoms in total. The summed E-state index contributed by atoms with van der Waals surface area (Å²) in [6, 6.07) is 14.2. The number of hydrazone groups is 1. The lowest BCUT2D eigenvalue weighted by atomic mass is 10.1. The van der Waals surface area contributed by atoms with Crippen molar-refractivity contribution in [1.82, 2.24) is 10.4 Å². The highest BCUT2D eigenvalue weighted by Crippen LogP contribution is 2.22. The van der Waals surface area contributed by atoms with E-state index >= 15 is 0 Å². The van der Waals surface area contributed by atoms with E-state index in [4.69, 9.17) is 9.47 Å². The highest BCUT2D eigenvalue weighted by atomic mass is 16.5. The Hall–Kier alpha value is -3.61. The molecule has 0 aliphatic rings. The highest BCUT2D eigenvalue weighted by Gasteiger charge is 2.07. The molecule has 0 unspecified atom stereocenters. The van der Waals surface area contributed by atoms with Crippen molar-refractivity contribution in [2.75, 3.05) is 13.7 Å². The van der Waals surface area contributed by atoms with Crippen LogP contribution in [0.2, 0.25) is 0 Å². The molecule has 0 atom stereocenters. The van der Waals surface area contributed by atoms with Crippen LogP contribution in [0, 0.1) is 6.92 Å². The van der Waals surface area contributed by atoms with Gasteiger partial charge in [-0.3, -0.25) is 9.59 Å². The molecule has 7 heteroatoms. The number of hydrogen-bond donors (Lipinski definition) is 2. The SMILES string of the molecule is COc1ccc(/C=N/NC(=O)COc2cc(=O)[nH]c3cc(C)ccc23)cc1. The van der Waals surface area contributed by atoms with Crippen molar-refractivity contribution in [3.8, 4) is 11.5 Å². The number of carbonyl (C=O) groups excluding carboxylic acids is 1. The topological polar surface area (TPSA) is 92.8 Å². The number of hydrogen-bond acceptors (Lipinski definition) is 5. The number of rotatable bonds is 6. The molecule has 0 spiro atoms. The van der Waals surface area contributed by atoms with Gasteiger partial charge in [0.1, 0.15) is 11.5 Å². The molecule has 0 radical (unpaired) electrons. The molecule has 0 bridgehead atoms. The van der Waals surface area contributed by atoms with Gasteiger partial charge in [0.25, 0.3) is 11.5 Å². The van der Waals surface area contributed by atoms with Gasteiger partial charge in [-0.25, -0.2) is 5.43 Å². The third-order valence-electron chi connectivity index (χ3n) is 3.84. The second kappa shape index (κ2) is 8.18. The quantitative estimate of drug-likeness (QED) is 0.518. The van der Waals surface area contributed by atoms with Crippen molar-refractivity contribution in [2.45, 2.75) is 6.92 Å². The molecule has 27 heavy (non-hydrogen) atoms. The molecule has 0 fully saturated rings. The van der Waals surface area contributed by atoms with Crippen LogP contribution in [0.3, 0.4) is 0 Å². The van der Waals surface area contributed by atoms with Gasteiger partial charge >= 0.3 is 0 Å². The maximum absolute atomic E-state index is 11.9. The zero-order valence-electron chi connectivity index (χ0n) is 15.0. The molecule has 2 aromatic carbocycles. The van der Waals surface area contributed by atoms with Crippen LogP contribution in [-0.4, -0.2) is 30.8 Å². The van der Waals surface area contributed by atoms with Crippen molar-refractivity contribution in [3.63, 3.8) is 0 Å². The van der Waals surface area contributed by atoms with E-state index in [9.17, 15) is 9.59 Å². The van der Waals surface area contributed by atoms with E-state index in [2.05, 4.69) is 15.5 Å². The third-order valence-corrected chi connectivity index (χ3v) is 3.84. The molecule has 0 aliphatic heterocycles. The van der Waals surface area contributed by atoms with E-state index in [1.807, 2.05) is 37.3 Å². The number of amides is 1. The molecular weight excluding hydrogens is 346 g/mol. The van der Waals surface area contributed by atoms with Crippen LogP contribution in [-0.2, 0) is 4.79 Å². The smallest absolute Gasteiger partial charge is 0.277 e. The zero-order chi connectivity index (χ0) is 19.2. The molecule has 3 rings (SSSR count). The lowest BCUT2D eigenvalue weighted by molar-refractivity contribution is -0.123. The summed E-state index contributed by atoms with van der Waals surface area (Å²) in [5.41, 5.74) is 4.59. The van der Waals surface area contributed by atoms with E-state index in [0.717, 1.165) is 22.3 Å². The van der Waals surface area contributed by atoms with Crippen molar-refractivity contribution >= 4 is 23.0 Å². The van der Waals surface area contributed by atoms with Gasteiger partial charge in [-0.15, -0.1) is 0 Å². The van der Waals surface area contributed by atoms with E-state index in [-0.39, 0.29) is 12.2 Å². The molecule has 1 heterocycles. The number of aromatic nitrogens is 1. The second-order valence-corrected chi connectivity index (χ2v) is 5.90. The summed E-state index contributed by atoms with van der Waals surface area (Å²) >= 11 is 0. The molecular formula is C20H19N3O4. The highest BCUT2D eigenvalue weighted by molar-refractivity contribution is 5.86. The summed E-state index contributed by atoms with van der Waals surface area (Å²) in [5.74, 6) is 0.660. The molecule has 0 aliphatic carbocycles. The lowest BCUT2D eigenvalue weighted by Gasteiger charge is -2.08. The summed E-state index contributed by atoms with van der Waals surface area (Å²) in [6.07, 6.45) is 1.52. The Bertz CT molecular complexity index is 1040. The summed E-state index contributed by atoms with van der Waals surface area (Å²) in [5, 5.41) is 4.62. The largest absolute Gasteiger partial charge is 0.497 e. The fourth-order valence-corrected chi connectivity index (χ4v) is 2.51. The average Bonchev–Trinajstić information content (AvgIpc) is 2.66. The Morgan fingerprint density at radius 2 is 1.96 bits per heavy atom. The molecule has 138 valence electrons. The van der Waals surface area contributed by atoms with Crippen LogP contribution in [0.4, 0.5) is 0 Å². The Morgan fingerprint density at radius 1 is 1.19 bits per heavy atom. The van der Waals surface area contributed by atoms with Crippen LogP contribution in [0.25, 0.3) is 10.9 Å². The maximum atomic E-state index is 11.9. The minimum Gasteiger partial charge on any atom is -0.497 e. The van der Waals surface area contributed by atoms with Crippen LogP contribution >= 0.6 is 0 Å². The van der Waals surface area contributed by atoms with Crippen molar-refractivity contribution < 1.29 is 14.3 Å². The van der Waals surface area contributed by atoms with Gasteiger partial charge in [0, 0.05) is 11.5 Å². The molecule has 1 aromatic heterocycles. The standard InChI is InChI=1S/C20H19N3O4/c1-13-3-8-16-17(9-13)22-19(24)10-18(16)27-12-20(25)23-21-11-14-4-6-15(26-2)7-5-14/h3-11H,12H2,1-2H3,(H,22,24)(H,23,25)/b21-11+. The number of methoxy groups -OCH3 is 1. The number of fused-ring (bicyclic) bond motifs is 1. The number of nitrogens with zero attached hydrogens (tertiary/aromatic N) is 1. The number of carbonyl (C=O) groups is 1. The molecule has 0 saturated heterocycles. The van der Waals surface area contributed by atoms with Crippen LogP contribution < -0.4 is 20.5 Å². The van der Waals surface area contributed by atoms with E-state index in [1.165, 1.54) is 12.3 Å². The number of aromatic amines is 1. The van der Waals surface area contributed by atoms with Crippen LogP contribution in [0.1, 0.15) is 11.1 Å². The third kappa shape index (κ3) is 4.72. The van der Waals surface area contributed by atoms with Gasteiger partial charge in [-0.2, -0.15) is 5.10 Å². The van der Waals surface area contributed by atoms with Gasteiger partial charge in [0.2, 0.25) is 0 Å². The molecule has 0 saturated carbocycles. The second-order valence-electron chi connectivity index (χ2n) is 5.90. The summed E-state index contributed by atoms with van der Waals surface area (Å²) in [4.78, 5) is 26.4. The summed E-state index contributed by atoms with van der Waals surface area (Å²) in [6.45, 7) is 1.67. The van der Waals surface area contributed by atoms with E-state index < -0.39 is 5.91 Å². The molecule has 3 aromatic rings. The van der Waals surface area contributed by atoms with Gasteiger partial charge in [-0.05, 0) is 54.4 Å². The first-order chi connectivity index (χ1) is 13.0. The number of ether oxygens (including phenoxy) is 2. The van der Waals surface area contributed by atoms with Crippen molar-refractivity contribution in [3.05, 3.63) is 70.0 Å². The van der Waals surface area contributed by atoms with Gasteiger partial charge in [0.15, 0.2) is 6.61 Å². The first kappa shape index (κ1) is 18.2. The maximum Gasteiger partial charge on any atom is 0.277 e. The number of H-pyrrole nitrogens is 1. The Balaban J connectivity index is 1.61. The predicted octanol–water partition coefficient (Wildman–Crippen LogP) is 2.37. The monoisotopic (exact) mass is 365 g/mol. The Labute approximate surface area is 155 Å². The van der Waals surface area contributed by atoms with E-state index in [1.54, 1.807) is 19.2 Å². The lowest BCUT2D eigenvalue weighted by Crippen LogP contribution is -2.25. The first-order valence-electron chi connectivity index (χ1n) is 8.27. The number of benzene rings is 2. The molecule has 2 N–H and O–H groups in total. The number of pyridine rings is 1. The zero-order valence-corrected chi connectivity index (χ0v) is 15.0. The van der Waals surface area contributed by atoms with Crippen molar-refractivity contribution in [2.24, 2.45) is 5.10 Å². The summed E-state index contributed by atoms with van der Waals surface area (Å²) < 4.78 is 10.6. The first-order valence-corrected chi connectivity index (χ1v) is 8.27. The number of nitrogens with one attached hydrogen (secondary N) is 2. The van der Waals surface area contributed by atoms with E-state index in [0.29, 0.717) is 11.3 Å².